The van der Waals surface area contributed by atoms with Gasteiger partial charge in [-0.15, -0.1) is 0 Å². The number of benzene rings is 1. The summed E-state index contributed by atoms with van der Waals surface area (Å²) in [6.07, 6.45) is 2.90. The fourth-order valence-corrected chi connectivity index (χ4v) is 2.12. The lowest BCUT2D eigenvalue weighted by atomic mass is 9.96. The van der Waals surface area contributed by atoms with E-state index in [4.69, 9.17) is 0 Å². The molecule has 1 aromatic heterocycles. The molecule has 0 spiro atoms. The Morgan fingerprint density at radius 3 is 2.63 bits per heavy atom. The Morgan fingerprint density at radius 2 is 2.00 bits per heavy atom. The Kier molecular flexibility index (Phi) is 4.63. The van der Waals surface area contributed by atoms with Gasteiger partial charge in [0.25, 0.3) is 0 Å². The van der Waals surface area contributed by atoms with Crippen molar-refractivity contribution in [2.75, 3.05) is 6.61 Å². The Morgan fingerprint density at radius 1 is 1.26 bits per heavy atom. The maximum Gasteiger partial charge on any atom is 0.138 e. The van der Waals surface area contributed by atoms with Gasteiger partial charge in [-0.3, -0.25) is 4.68 Å². The largest absolute Gasteiger partial charge is 0.396 e. The van der Waals surface area contributed by atoms with Crippen LogP contribution in [0, 0.1) is 11.7 Å². The Hall–Kier alpha value is -1.75. The quantitative estimate of drug-likeness (QED) is 0.865. The molecule has 1 N–H and O–H groups in total. The number of aliphatic hydroxyl groups excluding tert-OH is 1. The van der Waals surface area contributed by atoms with Gasteiger partial charge in [0, 0.05) is 19.6 Å². The first-order chi connectivity index (χ1) is 9.22. The first kappa shape index (κ1) is 13.7. The van der Waals surface area contributed by atoms with Gasteiger partial charge in [-0.25, -0.2) is 9.37 Å². The molecule has 0 saturated heterocycles. The van der Waals surface area contributed by atoms with E-state index in [1.54, 1.807) is 12.1 Å². The third-order valence-electron chi connectivity index (χ3n) is 3.16. The second kappa shape index (κ2) is 6.43. The number of hydrogen-bond donors (Lipinski definition) is 1. The van der Waals surface area contributed by atoms with Gasteiger partial charge < -0.3 is 5.11 Å². The fraction of sp³-hybridized carbons (Fsp3) is 0.429. The molecule has 1 atom stereocenters. The molecular weight excluding hydrogens is 245 g/mol. The molecule has 4 nitrogen and oxygen atoms in total. The van der Waals surface area contributed by atoms with Crippen LogP contribution in [0.2, 0.25) is 0 Å². The monoisotopic (exact) mass is 263 g/mol. The molecule has 0 saturated carbocycles. The van der Waals surface area contributed by atoms with Crippen LogP contribution < -0.4 is 0 Å². The molecule has 2 rings (SSSR count). The highest BCUT2D eigenvalue weighted by Gasteiger charge is 2.13. The molecule has 1 heterocycles. The van der Waals surface area contributed by atoms with Gasteiger partial charge >= 0.3 is 0 Å². The third-order valence-corrected chi connectivity index (χ3v) is 3.16. The molecule has 1 aromatic carbocycles. The van der Waals surface area contributed by atoms with E-state index < -0.39 is 0 Å². The van der Waals surface area contributed by atoms with Gasteiger partial charge in [0.15, 0.2) is 0 Å². The van der Waals surface area contributed by atoms with E-state index in [-0.39, 0.29) is 18.3 Å². The van der Waals surface area contributed by atoms with E-state index >= 15 is 0 Å². The van der Waals surface area contributed by atoms with Crippen molar-refractivity contribution in [2.24, 2.45) is 5.92 Å². The van der Waals surface area contributed by atoms with Gasteiger partial charge in [-0.2, -0.15) is 5.10 Å². The maximum atomic E-state index is 12.8. The highest BCUT2D eigenvalue weighted by Crippen LogP contribution is 2.14. The summed E-state index contributed by atoms with van der Waals surface area (Å²) < 4.78 is 14.7. The third kappa shape index (κ3) is 3.61. The summed E-state index contributed by atoms with van der Waals surface area (Å²) in [6, 6.07) is 6.39. The maximum absolute atomic E-state index is 12.8. The SMILES string of the molecule is CCn1ncnc1CC(CO)Cc1ccc(F)cc1. The molecule has 0 radical (unpaired) electrons. The minimum atomic E-state index is -0.241. The predicted molar refractivity (Wildman–Crippen MR) is 70.1 cm³/mol. The molecule has 5 heteroatoms. The summed E-state index contributed by atoms with van der Waals surface area (Å²) >= 11 is 0. The van der Waals surface area contributed by atoms with Crippen molar-refractivity contribution < 1.29 is 9.50 Å². The molecule has 2 aromatic rings. The Labute approximate surface area is 111 Å². The number of halogens is 1. The van der Waals surface area contributed by atoms with Crippen LogP contribution in [0.25, 0.3) is 0 Å². The number of nitrogens with zero attached hydrogens (tertiary/aromatic N) is 3. The van der Waals surface area contributed by atoms with Crippen molar-refractivity contribution in [3.05, 3.63) is 47.8 Å². The molecule has 19 heavy (non-hydrogen) atoms. The van der Waals surface area contributed by atoms with E-state index in [1.807, 2.05) is 11.6 Å². The normalized spacial score (nSPS) is 12.6. The van der Waals surface area contributed by atoms with E-state index in [2.05, 4.69) is 10.1 Å². The smallest absolute Gasteiger partial charge is 0.138 e. The molecule has 0 fully saturated rings. The number of aryl methyl sites for hydroxylation is 1. The van der Waals surface area contributed by atoms with Crippen molar-refractivity contribution in [1.82, 2.24) is 14.8 Å². The number of aliphatic hydroxyl groups is 1. The summed E-state index contributed by atoms with van der Waals surface area (Å²) in [7, 11) is 0. The lowest BCUT2D eigenvalue weighted by Gasteiger charge is -2.14. The zero-order chi connectivity index (χ0) is 13.7. The van der Waals surface area contributed by atoms with Crippen LogP contribution >= 0.6 is 0 Å². The van der Waals surface area contributed by atoms with E-state index in [1.165, 1.54) is 18.5 Å². The zero-order valence-electron chi connectivity index (χ0n) is 11.0. The standard InChI is InChI=1S/C14H18FN3O/c1-2-18-14(16-10-17-18)8-12(9-19)7-11-3-5-13(15)6-4-11/h3-6,10,12,19H,2,7-9H2,1H3. The summed E-state index contributed by atoms with van der Waals surface area (Å²) in [4.78, 5) is 4.21. The van der Waals surface area contributed by atoms with Crippen LogP contribution in [-0.4, -0.2) is 26.5 Å². The van der Waals surface area contributed by atoms with Crippen LogP contribution in [0.5, 0.6) is 0 Å². The fourth-order valence-electron chi connectivity index (χ4n) is 2.12. The minimum Gasteiger partial charge on any atom is -0.396 e. The van der Waals surface area contributed by atoms with Crippen LogP contribution in [0.15, 0.2) is 30.6 Å². The van der Waals surface area contributed by atoms with Crippen LogP contribution in [0.4, 0.5) is 4.39 Å². The first-order valence-corrected chi connectivity index (χ1v) is 6.45. The molecule has 0 aliphatic carbocycles. The second-order valence-corrected chi connectivity index (χ2v) is 4.58. The van der Waals surface area contributed by atoms with Gasteiger partial charge in [-0.05, 0) is 37.0 Å². The first-order valence-electron chi connectivity index (χ1n) is 6.45. The molecule has 0 aliphatic rings. The Bertz CT molecular complexity index is 510. The highest BCUT2D eigenvalue weighted by molar-refractivity contribution is 5.16. The summed E-state index contributed by atoms with van der Waals surface area (Å²) in [6.45, 7) is 2.85. The van der Waals surface area contributed by atoms with Gasteiger partial charge in [0.05, 0.1) is 0 Å². The highest BCUT2D eigenvalue weighted by atomic mass is 19.1. The van der Waals surface area contributed by atoms with Crippen molar-refractivity contribution in [3.8, 4) is 0 Å². The molecular formula is C14H18FN3O. The lowest BCUT2D eigenvalue weighted by molar-refractivity contribution is 0.222. The van der Waals surface area contributed by atoms with Gasteiger partial charge in [0.2, 0.25) is 0 Å². The minimum absolute atomic E-state index is 0.0694. The predicted octanol–water partition coefficient (Wildman–Crippen LogP) is 1.83. The van der Waals surface area contributed by atoms with E-state index in [0.29, 0.717) is 12.8 Å². The van der Waals surface area contributed by atoms with Gasteiger partial charge in [-0.1, -0.05) is 12.1 Å². The molecule has 0 bridgehead atoms. The Balaban J connectivity index is 2.02. The number of aromatic nitrogens is 3. The molecule has 102 valence electrons. The topological polar surface area (TPSA) is 50.9 Å². The number of rotatable bonds is 6. The van der Waals surface area contributed by atoms with Crippen LogP contribution in [0.1, 0.15) is 18.3 Å². The average molecular weight is 263 g/mol. The van der Waals surface area contributed by atoms with Crippen molar-refractivity contribution in [2.45, 2.75) is 26.3 Å². The van der Waals surface area contributed by atoms with Gasteiger partial charge in [0.1, 0.15) is 18.0 Å². The molecule has 0 aliphatic heterocycles. The van der Waals surface area contributed by atoms with E-state index in [9.17, 15) is 9.50 Å². The summed E-state index contributed by atoms with van der Waals surface area (Å²) in [5.41, 5.74) is 1.02. The second-order valence-electron chi connectivity index (χ2n) is 4.58. The van der Waals surface area contributed by atoms with Crippen molar-refractivity contribution in [3.63, 3.8) is 0 Å². The average Bonchev–Trinajstić information content (AvgIpc) is 2.87. The van der Waals surface area contributed by atoms with Crippen LogP contribution in [-0.2, 0) is 19.4 Å². The van der Waals surface area contributed by atoms with E-state index in [0.717, 1.165) is 17.9 Å². The van der Waals surface area contributed by atoms with Crippen molar-refractivity contribution >= 4 is 0 Å². The zero-order valence-corrected chi connectivity index (χ0v) is 11.0. The molecule has 0 amide bonds. The number of hydrogen-bond acceptors (Lipinski definition) is 3. The molecule has 1 unspecified atom stereocenters. The summed E-state index contributed by atoms with van der Waals surface area (Å²) in [5.74, 6) is 0.707. The summed E-state index contributed by atoms with van der Waals surface area (Å²) in [5, 5.41) is 13.6. The lowest BCUT2D eigenvalue weighted by Crippen LogP contribution is -2.16. The van der Waals surface area contributed by atoms with Crippen LogP contribution in [0.3, 0.4) is 0 Å². The van der Waals surface area contributed by atoms with Crippen molar-refractivity contribution in [1.29, 1.82) is 0 Å².